The summed E-state index contributed by atoms with van der Waals surface area (Å²) in [6.07, 6.45) is -0.833. The maximum absolute atomic E-state index is 13.7. The Labute approximate surface area is 256 Å². The largest absolute Gasteiger partial charge is 0.464 e. The van der Waals surface area contributed by atoms with Gasteiger partial charge >= 0.3 is 12.1 Å². The lowest BCUT2D eigenvalue weighted by Crippen LogP contribution is -2.54. The number of nitrogens with zero attached hydrogens (tertiary/aromatic N) is 3. The van der Waals surface area contributed by atoms with Gasteiger partial charge in [0.2, 0.25) is 5.91 Å². The van der Waals surface area contributed by atoms with Crippen LogP contribution in [0, 0.1) is 5.82 Å². The summed E-state index contributed by atoms with van der Waals surface area (Å²) in [5.74, 6) is -1.31. The predicted molar refractivity (Wildman–Crippen MR) is 163 cm³/mol. The first-order chi connectivity index (χ1) is 20.8. The second-order valence-electron chi connectivity index (χ2n) is 11.2. The lowest BCUT2D eigenvalue weighted by Gasteiger charge is -2.25. The van der Waals surface area contributed by atoms with Crippen LogP contribution in [-0.4, -0.2) is 88.3 Å². The minimum Gasteiger partial charge on any atom is -0.464 e. The molecule has 0 radical (unpaired) electrons. The van der Waals surface area contributed by atoms with E-state index in [0.29, 0.717) is 30.0 Å². The Morgan fingerprint density at radius 1 is 1.00 bits per heavy atom. The summed E-state index contributed by atoms with van der Waals surface area (Å²) >= 11 is 0. The third kappa shape index (κ3) is 9.64. The molecule has 0 unspecified atom stereocenters. The Morgan fingerprint density at radius 2 is 1.66 bits per heavy atom. The van der Waals surface area contributed by atoms with Crippen LogP contribution in [0.5, 0.6) is 0 Å². The fourth-order valence-corrected chi connectivity index (χ4v) is 4.64. The van der Waals surface area contributed by atoms with Crippen LogP contribution in [0.1, 0.15) is 39.1 Å². The van der Waals surface area contributed by atoms with Crippen molar-refractivity contribution in [3.8, 4) is 0 Å². The molecule has 2 aromatic carbocycles. The van der Waals surface area contributed by atoms with E-state index in [2.05, 4.69) is 10.6 Å². The highest BCUT2D eigenvalue weighted by Crippen LogP contribution is 2.23. The quantitative estimate of drug-likeness (QED) is 0.200. The molecule has 2 atom stereocenters. The molecule has 1 aromatic heterocycles. The van der Waals surface area contributed by atoms with Crippen molar-refractivity contribution >= 4 is 34.7 Å². The van der Waals surface area contributed by atoms with Gasteiger partial charge in [0.05, 0.1) is 30.9 Å². The predicted octanol–water partition coefficient (Wildman–Crippen LogP) is 2.23. The van der Waals surface area contributed by atoms with Crippen LogP contribution in [0.2, 0.25) is 0 Å². The normalized spacial score (nSPS) is 12.8. The molecule has 0 spiro atoms. The first-order valence-corrected chi connectivity index (χ1v) is 14.5. The lowest BCUT2D eigenvalue weighted by molar-refractivity contribution is -0.147. The Morgan fingerprint density at radius 3 is 2.25 bits per heavy atom. The summed E-state index contributed by atoms with van der Waals surface area (Å²) in [5.41, 5.74) is 1.89. The van der Waals surface area contributed by atoms with Gasteiger partial charge in [0.15, 0.2) is 0 Å². The SMILES string of the molecule is CCOC(=O)[C@H](Cc1ccc(F)cc1)NC(=O)[C@H](Cc1nc2cc(N(CCO)CCO)ccc2n1C)NC(=O)OC(C)(C)C. The fourth-order valence-electron chi connectivity index (χ4n) is 4.64. The Bertz CT molecular complexity index is 1420. The van der Waals surface area contributed by atoms with E-state index in [0.717, 1.165) is 11.2 Å². The van der Waals surface area contributed by atoms with Crippen LogP contribution >= 0.6 is 0 Å². The summed E-state index contributed by atoms with van der Waals surface area (Å²) in [4.78, 5) is 45.8. The number of benzene rings is 2. The maximum Gasteiger partial charge on any atom is 0.408 e. The second kappa shape index (κ2) is 15.5. The second-order valence-corrected chi connectivity index (χ2v) is 11.2. The van der Waals surface area contributed by atoms with Crippen LogP contribution in [0.15, 0.2) is 42.5 Å². The monoisotopic (exact) mass is 615 g/mol. The van der Waals surface area contributed by atoms with E-state index in [1.165, 1.54) is 24.3 Å². The topological polar surface area (TPSA) is 155 Å². The number of anilines is 1. The molecular formula is C31H42FN5O7. The number of aliphatic hydroxyl groups excluding tert-OH is 2. The molecule has 12 nitrogen and oxygen atoms in total. The number of rotatable bonds is 14. The summed E-state index contributed by atoms with van der Waals surface area (Å²) in [5, 5.41) is 24.2. The van der Waals surface area contributed by atoms with E-state index >= 15 is 0 Å². The summed E-state index contributed by atoms with van der Waals surface area (Å²) in [6, 6.07) is 8.76. The van der Waals surface area contributed by atoms with Crippen molar-refractivity contribution in [2.45, 2.75) is 58.2 Å². The van der Waals surface area contributed by atoms with Crippen molar-refractivity contribution in [3.63, 3.8) is 0 Å². The third-order valence-electron chi connectivity index (χ3n) is 6.70. The highest BCUT2D eigenvalue weighted by Gasteiger charge is 2.31. The van der Waals surface area contributed by atoms with Crippen LogP contribution in [0.3, 0.4) is 0 Å². The number of halogens is 1. The van der Waals surface area contributed by atoms with E-state index in [1.807, 2.05) is 23.1 Å². The molecule has 0 bridgehead atoms. The summed E-state index contributed by atoms with van der Waals surface area (Å²) in [6.45, 7) is 7.29. The standard InChI is InChI=1S/C31H42FN5O7/c1-6-43-29(41)25(17-20-7-9-21(32)10-8-20)34-28(40)24(35-30(42)44-31(2,3)4)19-27-33-23-18-22(11-12-26(23)36(27)5)37(13-15-38)14-16-39/h7-12,18,24-25,38-39H,6,13-17,19H2,1-5H3,(H,34,40)(H,35,42)/t24-,25-/m0/s1. The van der Waals surface area contributed by atoms with Crippen molar-refractivity contribution in [1.29, 1.82) is 0 Å². The molecule has 3 rings (SSSR count). The van der Waals surface area contributed by atoms with E-state index in [1.54, 1.807) is 39.3 Å². The van der Waals surface area contributed by atoms with Crippen molar-refractivity contribution in [2.24, 2.45) is 7.05 Å². The third-order valence-corrected chi connectivity index (χ3v) is 6.70. The number of hydrogen-bond acceptors (Lipinski definition) is 9. The van der Waals surface area contributed by atoms with Gasteiger partial charge in [-0.3, -0.25) is 4.79 Å². The summed E-state index contributed by atoms with van der Waals surface area (Å²) in [7, 11) is 1.78. The van der Waals surface area contributed by atoms with Gasteiger partial charge in [-0.2, -0.15) is 0 Å². The van der Waals surface area contributed by atoms with Crippen molar-refractivity contribution in [2.75, 3.05) is 37.8 Å². The Balaban J connectivity index is 1.92. The molecule has 0 aliphatic heterocycles. The van der Waals surface area contributed by atoms with Gasteiger partial charge in [-0.15, -0.1) is 0 Å². The van der Waals surface area contributed by atoms with Crippen LogP contribution in [-0.2, 0) is 39.0 Å². The number of nitrogens with one attached hydrogen (secondary N) is 2. The molecule has 240 valence electrons. The number of aliphatic hydroxyl groups is 2. The van der Waals surface area contributed by atoms with Gasteiger partial charge in [-0.25, -0.2) is 19.0 Å². The first kappa shape index (κ1) is 34.3. The highest BCUT2D eigenvalue weighted by atomic mass is 19.1. The molecule has 0 aliphatic rings. The zero-order valence-corrected chi connectivity index (χ0v) is 25.8. The van der Waals surface area contributed by atoms with Crippen molar-refractivity contribution in [3.05, 3.63) is 59.7 Å². The number of aryl methyl sites for hydroxylation is 1. The van der Waals surface area contributed by atoms with Gasteiger partial charge in [-0.1, -0.05) is 12.1 Å². The minimum absolute atomic E-state index is 0.0389. The van der Waals surface area contributed by atoms with Crippen LogP contribution in [0.25, 0.3) is 11.0 Å². The number of fused-ring (bicyclic) bond motifs is 1. The minimum atomic E-state index is -1.19. The molecule has 4 N–H and O–H groups in total. The van der Waals surface area contributed by atoms with Gasteiger partial charge in [-0.05, 0) is 63.6 Å². The van der Waals surface area contributed by atoms with Crippen LogP contribution in [0.4, 0.5) is 14.9 Å². The van der Waals surface area contributed by atoms with E-state index in [9.17, 15) is 29.0 Å². The number of esters is 1. The molecule has 0 saturated carbocycles. The van der Waals surface area contributed by atoms with Gasteiger partial charge in [0.25, 0.3) is 0 Å². The molecule has 2 amide bonds. The number of alkyl carbamates (subject to hydrolysis) is 1. The number of amides is 2. The van der Waals surface area contributed by atoms with E-state index in [-0.39, 0.29) is 32.7 Å². The molecule has 44 heavy (non-hydrogen) atoms. The number of carbonyl (C=O) groups excluding carboxylic acids is 3. The molecule has 3 aromatic rings. The number of aromatic nitrogens is 2. The highest BCUT2D eigenvalue weighted by molar-refractivity contribution is 5.90. The summed E-state index contributed by atoms with van der Waals surface area (Å²) < 4.78 is 25.8. The van der Waals surface area contributed by atoms with Crippen molar-refractivity contribution in [1.82, 2.24) is 20.2 Å². The van der Waals surface area contributed by atoms with Crippen LogP contribution < -0.4 is 15.5 Å². The molecule has 0 fully saturated rings. The van der Waals surface area contributed by atoms with E-state index < -0.39 is 41.5 Å². The van der Waals surface area contributed by atoms with Gasteiger partial charge in [0, 0.05) is 38.7 Å². The Hall–Kier alpha value is -4.23. The fraction of sp³-hybridized carbons (Fsp3) is 0.484. The van der Waals surface area contributed by atoms with Gasteiger partial charge < -0.3 is 39.8 Å². The van der Waals surface area contributed by atoms with Crippen molar-refractivity contribution < 1.29 is 38.5 Å². The van der Waals surface area contributed by atoms with E-state index in [4.69, 9.17) is 14.5 Å². The maximum atomic E-state index is 13.7. The lowest BCUT2D eigenvalue weighted by atomic mass is 10.0. The average Bonchev–Trinajstić information content (AvgIpc) is 3.26. The number of ether oxygens (including phenoxy) is 2. The molecule has 13 heteroatoms. The zero-order chi connectivity index (χ0) is 32.4. The number of hydrogen-bond donors (Lipinski definition) is 4. The zero-order valence-electron chi connectivity index (χ0n) is 25.8. The molecule has 1 heterocycles. The smallest absolute Gasteiger partial charge is 0.408 e. The number of carbonyl (C=O) groups is 3. The molecule has 0 saturated heterocycles. The van der Waals surface area contributed by atoms with Gasteiger partial charge in [0.1, 0.15) is 29.3 Å². The molecular weight excluding hydrogens is 573 g/mol. The molecule has 0 aliphatic carbocycles. The first-order valence-electron chi connectivity index (χ1n) is 14.5. The Kier molecular flexibility index (Phi) is 12.1. The average molecular weight is 616 g/mol. The number of imidazole rings is 1.